The molecule has 3 rings (SSSR count). The van der Waals surface area contributed by atoms with Crippen molar-refractivity contribution in [2.45, 2.75) is 39.7 Å². The molecule has 2 aliphatic rings. The van der Waals surface area contributed by atoms with E-state index in [0.29, 0.717) is 0 Å². The third-order valence-electron chi connectivity index (χ3n) is 6.56. The molecular weight excluding hydrogens is 348 g/mol. The molecule has 1 aromatic rings. The van der Waals surface area contributed by atoms with E-state index in [1.807, 2.05) is 19.3 Å². The monoisotopic (exact) mass is 386 g/mol. The van der Waals surface area contributed by atoms with Crippen molar-refractivity contribution in [1.29, 1.82) is 0 Å². The Morgan fingerprint density at radius 1 is 1.21 bits per heavy atom. The maximum absolute atomic E-state index is 4.70. The molecule has 0 saturated carbocycles. The second-order valence-corrected chi connectivity index (χ2v) is 8.25. The average Bonchev–Trinajstić information content (AvgIpc) is 3.20. The van der Waals surface area contributed by atoms with Gasteiger partial charge in [0.1, 0.15) is 5.82 Å². The lowest BCUT2D eigenvalue weighted by atomic mass is 9.87. The highest BCUT2D eigenvalue weighted by molar-refractivity contribution is 5.80. The number of pyridine rings is 1. The fourth-order valence-electron chi connectivity index (χ4n) is 4.70. The van der Waals surface area contributed by atoms with Gasteiger partial charge in [-0.25, -0.2) is 4.98 Å². The molecule has 0 bridgehead atoms. The Bertz CT molecular complexity index is 634. The molecule has 6 heteroatoms. The Labute approximate surface area is 171 Å². The third kappa shape index (κ3) is 4.96. The lowest BCUT2D eigenvalue weighted by Gasteiger charge is -2.34. The van der Waals surface area contributed by atoms with Crippen LogP contribution in [-0.4, -0.2) is 74.1 Å². The number of aliphatic imine (C=N–C) groups is 1. The minimum absolute atomic E-state index is 0.772. The van der Waals surface area contributed by atoms with Crippen LogP contribution in [0.4, 0.5) is 5.82 Å². The Morgan fingerprint density at radius 2 is 1.96 bits per heavy atom. The minimum Gasteiger partial charge on any atom is -0.354 e. The Morgan fingerprint density at radius 3 is 2.64 bits per heavy atom. The standard InChI is InChI=1S/C22H38N6/c1-5-18(6-2)20-9-11-28(17-20)22(23-3)25-16-19-8-7-10-24-21(19)27-14-12-26(4)13-15-27/h7-8,10,18,20H,5-6,9,11-17H2,1-4H3,(H,23,25). The van der Waals surface area contributed by atoms with Gasteiger partial charge in [-0.15, -0.1) is 0 Å². The first kappa shape index (κ1) is 20.9. The first-order chi connectivity index (χ1) is 13.7. The summed E-state index contributed by atoms with van der Waals surface area (Å²) in [5, 5.41) is 3.61. The second kappa shape index (κ2) is 10.1. The van der Waals surface area contributed by atoms with Crippen LogP contribution in [0.25, 0.3) is 0 Å². The Hall–Kier alpha value is -1.82. The van der Waals surface area contributed by atoms with Gasteiger partial charge in [0, 0.05) is 64.6 Å². The largest absolute Gasteiger partial charge is 0.354 e. The molecule has 28 heavy (non-hydrogen) atoms. The SMILES string of the molecule is CCC(CC)C1CCN(C(=NC)NCc2cccnc2N2CCN(C)CC2)C1. The number of likely N-dealkylation sites (N-methyl/N-ethyl adjacent to an activating group) is 1. The highest BCUT2D eigenvalue weighted by Crippen LogP contribution is 2.28. The third-order valence-corrected chi connectivity index (χ3v) is 6.56. The van der Waals surface area contributed by atoms with Crippen LogP contribution in [0.3, 0.4) is 0 Å². The first-order valence-electron chi connectivity index (χ1n) is 11.0. The van der Waals surface area contributed by atoms with Gasteiger partial charge in [-0.3, -0.25) is 4.99 Å². The van der Waals surface area contributed by atoms with Gasteiger partial charge in [0.05, 0.1) is 0 Å². The molecule has 1 N–H and O–H groups in total. The van der Waals surface area contributed by atoms with Gasteiger partial charge >= 0.3 is 0 Å². The topological polar surface area (TPSA) is 47.0 Å². The molecule has 0 spiro atoms. The highest BCUT2D eigenvalue weighted by Gasteiger charge is 2.29. The van der Waals surface area contributed by atoms with Crippen molar-refractivity contribution in [2.75, 3.05) is 58.3 Å². The summed E-state index contributed by atoms with van der Waals surface area (Å²) in [6.45, 7) is 11.9. The van der Waals surface area contributed by atoms with Crippen LogP contribution >= 0.6 is 0 Å². The molecule has 156 valence electrons. The van der Waals surface area contributed by atoms with Gasteiger partial charge in [-0.05, 0) is 31.4 Å². The van der Waals surface area contributed by atoms with Crippen LogP contribution in [0.1, 0.15) is 38.7 Å². The van der Waals surface area contributed by atoms with Crippen molar-refractivity contribution in [3.05, 3.63) is 23.9 Å². The number of rotatable bonds is 6. The van der Waals surface area contributed by atoms with Crippen molar-refractivity contribution in [1.82, 2.24) is 20.1 Å². The zero-order chi connectivity index (χ0) is 19.9. The van der Waals surface area contributed by atoms with E-state index in [2.05, 4.69) is 52.0 Å². The van der Waals surface area contributed by atoms with E-state index in [1.54, 1.807) is 0 Å². The van der Waals surface area contributed by atoms with E-state index >= 15 is 0 Å². The van der Waals surface area contributed by atoms with Crippen LogP contribution < -0.4 is 10.2 Å². The Kier molecular flexibility index (Phi) is 7.54. The molecule has 2 saturated heterocycles. The maximum Gasteiger partial charge on any atom is 0.193 e. The average molecular weight is 387 g/mol. The predicted molar refractivity (Wildman–Crippen MR) is 118 cm³/mol. The molecule has 0 amide bonds. The van der Waals surface area contributed by atoms with Crippen molar-refractivity contribution >= 4 is 11.8 Å². The first-order valence-corrected chi connectivity index (χ1v) is 11.0. The number of likely N-dealkylation sites (tertiary alicyclic amines) is 1. The lowest BCUT2D eigenvalue weighted by molar-refractivity contribution is 0.311. The quantitative estimate of drug-likeness (QED) is 0.602. The smallest absolute Gasteiger partial charge is 0.193 e. The fraction of sp³-hybridized carbons (Fsp3) is 0.727. The van der Waals surface area contributed by atoms with E-state index in [1.165, 1.54) is 24.8 Å². The minimum atomic E-state index is 0.772. The van der Waals surface area contributed by atoms with Gasteiger partial charge in [0.25, 0.3) is 0 Å². The van der Waals surface area contributed by atoms with Gasteiger partial charge in [0.2, 0.25) is 0 Å². The molecule has 0 aromatic carbocycles. The molecule has 2 aliphatic heterocycles. The zero-order valence-corrected chi connectivity index (χ0v) is 18.2. The van der Waals surface area contributed by atoms with Crippen LogP contribution in [-0.2, 0) is 6.54 Å². The van der Waals surface area contributed by atoms with Gasteiger partial charge in [-0.1, -0.05) is 32.8 Å². The molecular formula is C22H38N6. The number of anilines is 1. The lowest BCUT2D eigenvalue weighted by Crippen LogP contribution is -2.45. The normalized spacial score (nSPS) is 21.6. The van der Waals surface area contributed by atoms with E-state index in [9.17, 15) is 0 Å². The summed E-state index contributed by atoms with van der Waals surface area (Å²) in [6.07, 6.45) is 5.76. The highest BCUT2D eigenvalue weighted by atomic mass is 15.3. The number of nitrogens with zero attached hydrogens (tertiary/aromatic N) is 5. The number of hydrogen-bond acceptors (Lipinski definition) is 4. The van der Waals surface area contributed by atoms with Gasteiger partial charge in [0.15, 0.2) is 5.96 Å². The summed E-state index contributed by atoms with van der Waals surface area (Å²) in [7, 11) is 4.09. The van der Waals surface area contributed by atoms with E-state index < -0.39 is 0 Å². The number of nitrogens with one attached hydrogen (secondary N) is 1. The molecule has 1 unspecified atom stereocenters. The summed E-state index contributed by atoms with van der Waals surface area (Å²) >= 11 is 0. The van der Waals surface area contributed by atoms with Crippen molar-refractivity contribution < 1.29 is 0 Å². The zero-order valence-electron chi connectivity index (χ0n) is 18.2. The summed E-state index contributed by atoms with van der Waals surface area (Å²) < 4.78 is 0. The summed E-state index contributed by atoms with van der Waals surface area (Å²) in [5.74, 6) is 3.79. The molecule has 2 fully saturated rings. The maximum atomic E-state index is 4.70. The summed E-state index contributed by atoms with van der Waals surface area (Å²) in [5.41, 5.74) is 1.25. The predicted octanol–water partition coefficient (Wildman–Crippen LogP) is 2.67. The van der Waals surface area contributed by atoms with E-state index in [-0.39, 0.29) is 0 Å². The van der Waals surface area contributed by atoms with Crippen molar-refractivity contribution in [2.24, 2.45) is 16.8 Å². The molecule has 6 nitrogen and oxygen atoms in total. The molecule has 1 aromatic heterocycles. The van der Waals surface area contributed by atoms with E-state index in [4.69, 9.17) is 4.98 Å². The van der Waals surface area contributed by atoms with Crippen LogP contribution in [0.5, 0.6) is 0 Å². The van der Waals surface area contributed by atoms with Crippen molar-refractivity contribution in [3.8, 4) is 0 Å². The van der Waals surface area contributed by atoms with Crippen LogP contribution in [0, 0.1) is 11.8 Å². The summed E-state index contributed by atoms with van der Waals surface area (Å²) in [6, 6.07) is 4.23. The number of guanidine groups is 1. The van der Waals surface area contributed by atoms with Crippen LogP contribution in [0.15, 0.2) is 23.3 Å². The molecule has 3 heterocycles. The fourth-order valence-corrected chi connectivity index (χ4v) is 4.70. The number of hydrogen-bond donors (Lipinski definition) is 1. The molecule has 0 aliphatic carbocycles. The van der Waals surface area contributed by atoms with Gasteiger partial charge in [-0.2, -0.15) is 0 Å². The molecule has 1 atom stereocenters. The second-order valence-electron chi connectivity index (χ2n) is 8.25. The molecule has 0 radical (unpaired) electrons. The number of piperazine rings is 1. The van der Waals surface area contributed by atoms with Crippen LogP contribution in [0.2, 0.25) is 0 Å². The summed E-state index contributed by atoms with van der Waals surface area (Å²) in [4.78, 5) is 16.5. The van der Waals surface area contributed by atoms with Gasteiger partial charge < -0.3 is 20.0 Å². The number of aromatic nitrogens is 1. The van der Waals surface area contributed by atoms with Crippen molar-refractivity contribution in [3.63, 3.8) is 0 Å². The van der Waals surface area contributed by atoms with E-state index in [0.717, 1.165) is 69.4 Å². The Balaban J connectivity index is 1.60.